The highest BCUT2D eigenvalue weighted by atomic mass is 19.1. The number of hydrogen-bond donors (Lipinski definition) is 3. The Bertz CT molecular complexity index is 1490. The van der Waals surface area contributed by atoms with Crippen molar-refractivity contribution in [2.75, 3.05) is 6.61 Å². The third-order valence-electron chi connectivity index (χ3n) is 11.7. The molecule has 0 aromatic rings. The molecule has 0 aromatic heterocycles. The second-order valence-electron chi connectivity index (χ2n) is 15.0. The summed E-state index contributed by atoms with van der Waals surface area (Å²) < 4.78 is 30.3. The molecular weight excluding hydrogens is 647 g/mol. The van der Waals surface area contributed by atoms with E-state index in [1.54, 1.807) is 33.8 Å². The molecule has 1 amide bonds. The zero-order valence-electron chi connectivity index (χ0n) is 28.2. The number of unbranched alkanes of at least 4 members (excludes halogenated alkanes) is 2. The zero-order valence-corrected chi connectivity index (χ0v) is 28.2. The van der Waals surface area contributed by atoms with Gasteiger partial charge in [-0.05, 0) is 77.4 Å². The van der Waals surface area contributed by atoms with Crippen LogP contribution in [0.15, 0.2) is 23.8 Å². The maximum Gasteiger partial charge on any atom is 0.326 e. The minimum absolute atomic E-state index is 0.0812. The van der Waals surface area contributed by atoms with E-state index in [-0.39, 0.29) is 31.7 Å². The number of carboxylic acids is 1. The lowest BCUT2D eigenvalue weighted by atomic mass is 9.44. The second-order valence-corrected chi connectivity index (χ2v) is 15.0. The number of nitrogens with one attached hydrogen (secondary N) is 1. The molecule has 5 aliphatic rings. The Morgan fingerprint density at radius 2 is 1.88 bits per heavy atom. The number of Topliss-reactive ketones (excluding diaryl/α,β-unsaturated/α-hetero) is 2. The zero-order chi connectivity index (χ0) is 36.2. The van der Waals surface area contributed by atoms with Crippen molar-refractivity contribution in [1.82, 2.24) is 5.32 Å². The number of ketones is 3. The van der Waals surface area contributed by atoms with Crippen molar-refractivity contribution in [2.45, 2.75) is 127 Å². The summed E-state index contributed by atoms with van der Waals surface area (Å²) in [6.45, 7) is 6.59. The van der Waals surface area contributed by atoms with E-state index in [1.165, 1.54) is 12.2 Å². The van der Waals surface area contributed by atoms with Gasteiger partial charge in [0.25, 0.3) is 5.09 Å². The van der Waals surface area contributed by atoms with Gasteiger partial charge in [-0.25, -0.2) is 9.18 Å². The topological polar surface area (TPSA) is 209 Å². The second kappa shape index (κ2) is 13.0. The Kier molecular flexibility index (Phi) is 9.71. The molecule has 270 valence electrons. The first-order chi connectivity index (χ1) is 22.8. The Morgan fingerprint density at radius 1 is 1.16 bits per heavy atom. The molecule has 3 N–H and O–H groups in total. The van der Waals surface area contributed by atoms with E-state index in [0.29, 0.717) is 37.7 Å². The number of fused-ring (bicyclic) bond motifs is 7. The van der Waals surface area contributed by atoms with E-state index in [0.717, 1.165) is 0 Å². The number of alkyl halides is 1. The Morgan fingerprint density at radius 3 is 2.55 bits per heavy atom. The molecule has 1 heterocycles. The predicted molar refractivity (Wildman–Crippen MR) is 167 cm³/mol. The van der Waals surface area contributed by atoms with Crippen molar-refractivity contribution >= 4 is 29.2 Å². The summed E-state index contributed by atoms with van der Waals surface area (Å²) in [6, 6.07) is -1.60. The highest BCUT2D eigenvalue weighted by Crippen LogP contribution is 2.72. The van der Waals surface area contributed by atoms with Crippen LogP contribution >= 0.6 is 0 Å². The fourth-order valence-corrected chi connectivity index (χ4v) is 9.59. The van der Waals surface area contributed by atoms with Gasteiger partial charge in [0.2, 0.25) is 5.91 Å². The van der Waals surface area contributed by atoms with Crippen LogP contribution < -0.4 is 5.32 Å². The summed E-state index contributed by atoms with van der Waals surface area (Å²) in [7, 11) is 0. The molecule has 3 saturated carbocycles. The van der Waals surface area contributed by atoms with Crippen LogP contribution in [0.5, 0.6) is 0 Å². The maximum atomic E-state index is 17.6. The van der Waals surface area contributed by atoms with Crippen LogP contribution in [-0.2, 0) is 38.3 Å². The molecule has 14 nitrogen and oxygen atoms in total. The summed E-state index contributed by atoms with van der Waals surface area (Å²) >= 11 is 0. The number of amides is 1. The fraction of sp³-hybridized carbons (Fsp3) is 0.735. The Hall–Kier alpha value is -3.56. The van der Waals surface area contributed by atoms with Crippen LogP contribution in [-0.4, -0.2) is 86.4 Å². The van der Waals surface area contributed by atoms with Crippen LogP contribution in [0.25, 0.3) is 0 Å². The standard InChI is InChI=1S/C34H45FN2O12/c1-30(2)48-27-17-23-22-10-9-19-14-20(38)11-12-31(19,3)33(22,35)26(41)18-32(23,4)34(27,49-30)25(40)16-21(39)15-24(29(43)44)36-28(42)8-6-5-7-13-47-37(45)46/h11-12,14,22-24,26-27,41H,5-10,13,15-18H2,1-4H3,(H,36,42)(H,43,44)/t22-,23-,24?,26-,27+,31-,32-,33-,34+/m0/s1. The van der Waals surface area contributed by atoms with Crippen molar-refractivity contribution in [3.05, 3.63) is 33.9 Å². The van der Waals surface area contributed by atoms with Crippen molar-refractivity contribution in [2.24, 2.45) is 22.7 Å². The van der Waals surface area contributed by atoms with Gasteiger partial charge in [-0.3, -0.25) is 19.2 Å². The van der Waals surface area contributed by atoms with Crippen molar-refractivity contribution < 1.29 is 58.0 Å². The Balaban J connectivity index is 1.32. The lowest BCUT2D eigenvalue weighted by Crippen LogP contribution is -2.69. The molecule has 0 radical (unpaired) electrons. The minimum Gasteiger partial charge on any atom is -0.480 e. The number of aliphatic hydroxyl groups excluding tert-OH is 1. The van der Waals surface area contributed by atoms with E-state index in [1.807, 2.05) is 0 Å². The number of carboxylic acid groups (broad SMARTS) is 1. The third kappa shape index (κ3) is 6.11. The van der Waals surface area contributed by atoms with Crippen LogP contribution in [0.2, 0.25) is 0 Å². The van der Waals surface area contributed by atoms with Gasteiger partial charge in [0, 0.05) is 29.6 Å². The molecule has 9 atom stereocenters. The predicted octanol–water partition coefficient (Wildman–Crippen LogP) is 3.11. The first kappa shape index (κ1) is 36.7. The fourth-order valence-electron chi connectivity index (χ4n) is 9.59. The molecule has 5 rings (SSSR count). The van der Waals surface area contributed by atoms with Gasteiger partial charge >= 0.3 is 5.97 Å². The van der Waals surface area contributed by atoms with E-state index in [2.05, 4.69) is 10.2 Å². The highest BCUT2D eigenvalue weighted by molar-refractivity contribution is 6.05. The van der Waals surface area contributed by atoms with E-state index >= 15 is 4.39 Å². The maximum absolute atomic E-state index is 17.6. The molecule has 4 aliphatic carbocycles. The highest BCUT2D eigenvalue weighted by Gasteiger charge is 2.80. The summed E-state index contributed by atoms with van der Waals surface area (Å²) in [4.78, 5) is 78.7. The largest absolute Gasteiger partial charge is 0.480 e. The number of aliphatic hydroxyl groups is 1. The lowest BCUT2D eigenvalue weighted by Gasteiger charge is -2.62. The normalized spacial score (nSPS) is 37.5. The van der Waals surface area contributed by atoms with Crippen molar-refractivity contribution in [3.63, 3.8) is 0 Å². The number of hydrogen-bond acceptors (Lipinski definition) is 11. The van der Waals surface area contributed by atoms with Crippen LogP contribution in [0.4, 0.5) is 4.39 Å². The molecule has 1 aliphatic heterocycles. The van der Waals surface area contributed by atoms with E-state index in [4.69, 9.17) is 9.47 Å². The number of ether oxygens (including phenoxy) is 2. The van der Waals surface area contributed by atoms with Gasteiger partial charge < -0.3 is 29.8 Å². The molecule has 49 heavy (non-hydrogen) atoms. The summed E-state index contributed by atoms with van der Waals surface area (Å²) in [5.74, 6) is -6.22. The average molecular weight is 693 g/mol. The molecular formula is C34H45FN2O12. The lowest BCUT2D eigenvalue weighted by molar-refractivity contribution is -0.757. The number of carbonyl (C=O) groups excluding carboxylic acids is 4. The van der Waals surface area contributed by atoms with Gasteiger partial charge in [0.1, 0.15) is 11.8 Å². The van der Waals surface area contributed by atoms with Crippen LogP contribution in [0.1, 0.15) is 91.9 Å². The molecule has 1 unspecified atom stereocenters. The van der Waals surface area contributed by atoms with Gasteiger partial charge in [-0.2, -0.15) is 0 Å². The molecule has 0 spiro atoms. The molecule has 0 aromatic carbocycles. The van der Waals surface area contributed by atoms with Gasteiger partial charge in [-0.15, -0.1) is 10.1 Å². The minimum atomic E-state index is -2.15. The number of allylic oxidation sites excluding steroid dienone is 4. The number of aliphatic carboxylic acids is 1. The summed E-state index contributed by atoms with van der Waals surface area (Å²) in [5, 5.41) is 33.1. The molecule has 4 fully saturated rings. The van der Waals surface area contributed by atoms with Crippen LogP contribution in [0, 0.1) is 32.8 Å². The SMILES string of the molecule is CC1(C)O[C@@H]2C[C@H]3[C@@H]4CCC5=CC(=O)C=C[C@]5(C)[C@@]4(F)[C@@H](O)C[C@]3(C)[C@]2(C(=O)CC(=O)CC(NC(=O)CCCCCO[N+](=O)[O-])C(=O)O)O1. The molecule has 1 saturated heterocycles. The van der Waals surface area contributed by atoms with Gasteiger partial charge in [0.15, 0.2) is 28.6 Å². The van der Waals surface area contributed by atoms with E-state index < -0.39 is 99.3 Å². The summed E-state index contributed by atoms with van der Waals surface area (Å²) in [6.07, 6.45) is 2.24. The third-order valence-corrected chi connectivity index (χ3v) is 11.7. The first-order valence-corrected chi connectivity index (χ1v) is 16.8. The quantitative estimate of drug-likeness (QED) is 0.104. The first-order valence-electron chi connectivity index (χ1n) is 16.8. The molecule has 15 heteroatoms. The van der Waals surface area contributed by atoms with Crippen molar-refractivity contribution in [1.29, 1.82) is 0 Å². The summed E-state index contributed by atoms with van der Waals surface area (Å²) in [5.41, 5.74) is -5.68. The monoisotopic (exact) mass is 692 g/mol. The van der Waals surface area contributed by atoms with Crippen LogP contribution in [0.3, 0.4) is 0 Å². The van der Waals surface area contributed by atoms with Crippen molar-refractivity contribution in [3.8, 4) is 0 Å². The van der Waals surface area contributed by atoms with E-state index in [9.17, 15) is 44.3 Å². The smallest absolute Gasteiger partial charge is 0.326 e. The Labute approximate surface area is 282 Å². The molecule has 0 bridgehead atoms. The van der Waals surface area contributed by atoms with Gasteiger partial charge in [-0.1, -0.05) is 25.0 Å². The number of rotatable bonds is 14. The number of halogens is 1. The number of carbonyl (C=O) groups is 5. The van der Waals surface area contributed by atoms with Gasteiger partial charge in [0.05, 0.1) is 25.2 Å². The number of nitrogens with zero attached hydrogens (tertiary/aromatic N) is 1. The average Bonchev–Trinajstić information content (AvgIpc) is 3.41.